The largest absolute Gasteiger partial charge is 0.349 e. The second kappa shape index (κ2) is 9.28. The fourth-order valence-corrected chi connectivity index (χ4v) is 5.17. The van der Waals surface area contributed by atoms with E-state index >= 15 is 0 Å². The van der Waals surface area contributed by atoms with E-state index in [1.165, 1.54) is 22.0 Å². The van der Waals surface area contributed by atoms with Crippen molar-refractivity contribution >= 4 is 27.5 Å². The molecule has 0 spiro atoms. The van der Waals surface area contributed by atoms with Crippen LogP contribution in [0.2, 0.25) is 5.02 Å². The summed E-state index contributed by atoms with van der Waals surface area (Å²) >= 11 is 5.85. The summed E-state index contributed by atoms with van der Waals surface area (Å²) in [4.78, 5) is 12.9. The topological polar surface area (TPSA) is 66.5 Å². The van der Waals surface area contributed by atoms with Crippen molar-refractivity contribution in [2.45, 2.75) is 44.0 Å². The van der Waals surface area contributed by atoms with Gasteiger partial charge in [0.1, 0.15) is 0 Å². The lowest BCUT2D eigenvalue weighted by Gasteiger charge is -2.31. The van der Waals surface area contributed by atoms with Gasteiger partial charge in [0, 0.05) is 24.0 Å². The third-order valence-electron chi connectivity index (χ3n) is 5.52. The average molecular weight is 435 g/mol. The molecule has 1 saturated heterocycles. The number of sulfonamides is 1. The van der Waals surface area contributed by atoms with E-state index in [-0.39, 0.29) is 22.8 Å². The molecule has 7 heteroatoms. The van der Waals surface area contributed by atoms with E-state index in [0.717, 1.165) is 12.0 Å². The molecule has 0 aliphatic carbocycles. The summed E-state index contributed by atoms with van der Waals surface area (Å²) in [5.41, 5.74) is 2.33. The minimum absolute atomic E-state index is 0.0133. The SMILES string of the molecule is CCc1ccc([C@@H](C)NC(=O)C2CCN(S(=O)(=O)c3ccc(Cl)cc3)CC2)cc1. The van der Waals surface area contributed by atoms with Gasteiger partial charge < -0.3 is 5.32 Å². The molecule has 5 nitrogen and oxygen atoms in total. The lowest BCUT2D eigenvalue weighted by molar-refractivity contribution is -0.126. The van der Waals surface area contributed by atoms with Crippen LogP contribution in [0, 0.1) is 5.92 Å². The third-order valence-corrected chi connectivity index (χ3v) is 7.69. The number of halogens is 1. The van der Waals surface area contributed by atoms with Crippen LogP contribution in [0.1, 0.15) is 43.9 Å². The average Bonchev–Trinajstić information content (AvgIpc) is 2.74. The second-order valence-electron chi connectivity index (χ2n) is 7.46. The van der Waals surface area contributed by atoms with Gasteiger partial charge in [0.2, 0.25) is 15.9 Å². The minimum Gasteiger partial charge on any atom is -0.349 e. The number of nitrogens with zero attached hydrogens (tertiary/aromatic N) is 1. The first-order chi connectivity index (χ1) is 13.8. The van der Waals surface area contributed by atoms with Crippen LogP contribution in [-0.4, -0.2) is 31.7 Å². The Bertz CT molecular complexity index is 935. The molecule has 1 aliphatic rings. The molecule has 156 valence electrons. The summed E-state index contributed by atoms with van der Waals surface area (Å²) < 4.78 is 27.0. The number of carbonyl (C=O) groups excluding carboxylic acids is 1. The number of benzene rings is 2. The number of nitrogens with one attached hydrogen (secondary N) is 1. The Kier molecular flexibility index (Phi) is 6.98. The molecule has 1 heterocycles. The highest BCUT2D eigenvalue weighted by molar-refractivity contribution is 7.89. The van der Waals surface area contributed by atoms with Gasteiger partial charge in [0.05, 0.1) is 10.9 Å². The zero-order valence-corrected chi connectivity index (χ0v) is 18.3. The van der Waals surface area contributed by atoms with Crippen LogP contribution in [0.5, 0.6) is 0 Å². The number of amides is 1. The monoisotopic (exact) mass is 434 g/mol. The Balaban J connectivity index is 1.56. The Morgan fingerprint density at radius 1 is 1.10 bits per heavy atom. The summed E-state index contributed by atoms with van der Waals surface area (Å²) in [5, 5.41) is 3.57. The molecule has 2 aromatic carbocycles. The third kappa shape index (κ3) is 5.18. The van der Waals surface area contributed by atoms with Gasteiger partial charge >= 0.3 is 0 Å². The minimum atomic E-state index is -3.56. The van der Waals surface area contributed by atoms with Crippen molar-refractivity contribution in [1.29, 1.82) is 0 Å². The lowest BCUT2D eigenvalue weighted by atomic mass is 9.96. The fourth-order valence-electron chi connectivity index (χ4n) is 3.57. The van der Waals surface area contributed by atoms with E-state index in [2.05, 4.69) is 24.4 Å². The van der Waals surface area contributed by atoms with Gasteiger partial charge in [0.25, 0.3) is 0 Å². The molecular weight excluding hydrogens is 408 g/mol. The predicted molar refractivity (Wildman–Crippen MR) is 115 cm³/mol. The Morgan fingerprint density at radius 3 is 2.24 bits per heavy atom. The van der Waals surface area contributed by atoms with Crippen molar-refractivity contribution in [2.24, 2.45) is 5.92 Å². The number of piperidine rings is 1. The Labute approximate surface area is 178 Å². The van der Waals surface area contributed by atoms with Crippen LogP contribution >= 0.6 is 11.6 Å². The maximum absolute atomic E-state index is 12.8. The quantitative estimate of drug-likeness (QED) is 0.741. The van der Waals surface area contributed by atoms with Crippen molar-refractivity contribution in [3.63, 3.8) is 0 Å². The van der Waals surface area contributed by atoms with E-state index in [1.54, 1.807) is 12.1 Å². The second-order valence-corrected chi connectivity index (χ2v) is 9.83. The van der Waals surface area contributed by atoms with Crippen LogP contribution in [0.15, 0.2) is 53.4 Å². The number of carbonyl (C=O) groups is 1. The highest BCUT2D eigenvalue weighted by atomic mass is 35.5. The summed E-state index contributed by atoms with van der Waals surface area (Å²) in [6.07, 6.45) is 2.01. The van der Waals surface area contributed by atoms with E-state index < -0.39 is 10.0 Å². The molecule has 1 aliphatic heterocycles. The smallest absolute Gasteiger partial charge is 0.243 e. The van der Waals surface area contributed by atoms with Gasteiger partial charge in [-0.05, 0) is 61.6 Å². The number of rotatable bonds is 6. The number of hydrogen-bond donors (Lipinski definition) is 1. The van der Waals surface area contributed by atoms with E-state index in [1.807, 2.05) is 19.1 Å². The van der Waals surface area contributed by atoms with Gasteiger partial charge in [-0.1, -0.05) is 42.8 Å². The van der Waals surface area contributed by atoms with E-state index in [4.69, 9.17) is 11.6 Å². The zero-order valence-electron chi connectivity index (χ0n) is 16.8. The summed E-state index contributed by atoms with van der Waals surface area (Å²) in [5.74, 6) is -0.190. The number of aryl methyl sites for hydroxylation is 1. The van der Waals surface area contributed by atoms with Crippen LogP contribution in [0.25, 0.3) is 0 Å². The van der Waals surface area contributed by atoms with E-state index in [9.17, 15) is 13.2 Å². The van der Waals surface area contributed by atoms with Crippen molar-refractivity contribution in [3.8, 4) is 0 Å². The molecule has 0 unspecified atom stereocenters. The molecule has 1 atom stereocenters. The highest BCUT2D eigenvalue weighted by Gasteiger charge is 2.32. The molecule has 0 bridgehead atoms. The van der Waals surface area contributed by atoms with Crippen LogP contribution in [0.4, 0.5) is 0 Å². The van der Waals surface area contributed by atoms with Gasteiger partial charge in [0.15, 0.2) is 0 Å². The molecule has 29 heavy (non-hydrogen) atoms. The molecule has 0 aromatic heterocycles. The summed E-state index contributed by atoms with van der Waals surface area (Å²) in [6, 6.07) is 14.4. The van der Waals surface area contributed by atoms with Crippen LogP contribution < -0.4 is 5.32 Å². The zero-order chi connectivity index (χ0) is 21.0. The predicted octanol–water partition coefficient (Wildman–Crippen LogP) is 4.18. The summed E-state index contributed by atoms with van der Waals surface area (Å²) in [7, 11) is -3.56. The van der Waals surface area contributed by atoms with Gasteiger partial charge in [-0.3, -0.25) is 4.79 Å². The van der Waals surface area contributed by atoms with Crippen LogP contribution in [0.3, 0.4) is 0 Å². The molecule has 3 rings (SSSR count). The fraction of sp³-hybridized carbons (Fsp3) is 0.409. The van der Waals surface area contributed by atoms with Crippen molar-refractivity contribution in [1.82, 2.24) is 9.62 Å². The van der Waals surface area contributed by atoms with Crippen molar-refractivity contribution < 1.29 is 13.2 Å². The Morgan fingerprint density at radius 2 is 1.69 bits per heavy atom. The highest BCUT2D eigenvalue weighted by Crippen LogP contribution is 2.25. The van der Waals surface area contributed by atoms with Crippen molar-refractivity contribution in [3.05, 3.63) is 64.7 Å². The van der Waals surface area contributed by atoms with E-state index in [0.29, 0.717) is 31.0 Å². The molecule has 1 fully saturated rings. The molecule has 1 N–H and O–H groups in total. The normalized spacial score (nSPS) is 17.1. The first kappa shape index (κ1) is 21.8. The maximum Gasteiger partial charge on any atom is 0.243 e. The van der Waals surface area contributed by atoms with Gasteiger partial charge in [-0.25, -0.2) is 8.42 Å². The van der Waals surface area contributed by atoms with Gasteiger partial charge in [-0.2, -0.15) is 4.31 Å². The maximum atomic E-state index is 12.8. The summed E-state index contributed by atoms with van der Waals surface area (Å²) in [6.45, 7) is 4.75. The first-order valence-electron chi connectivity index (χ1n) is 9.96. The standard InChI is InChI=1S/C22H27ClN2O3S/c1-3-17-4-6-18(7-5-17)16(2)24-22(26)19-12-14-25(15-13-19)29(27,28)21-10-8-20(23)9-11-21/h4-11,16,19H,3,12-15H2,1-2H3,(H,24,26)/t16-/m1/s1. The number of hydrogen-bond acceptors (Lipinski definition) is 3. The van der Waals surface area contributed by atoms with Crippen molar-refractivity contribution in [2.75, 3.05) is 13.1 Å². The lowest BCUT2D eigenvalue weighted by Crippen LogP contribution is -2.43. The van der Waals surface area contributed by atoms with Gasteiger partial charge in [-0.15, -0.1) is 0 Å². The molecule has 0 radical (unpaired) electrons. The molecule has 2 aromatic rings. The van der Waals surface area contributed by atoms with Crippen LogP contribution in [-0.2, 0) is 21.2 Å². The first-order valence-corrected chi connectivity index (χ1v) is 11.8. The molecule has 1 amide bonds. The molecular formula is C22H27ClN2O3S. The molecule has 0 saturated carbocycles. The Hall–Kier alpha value is -1.89.